The number of cyclic esters (lactones) is 1. The molecule has 0 aliphatic carbocycles. The fourth-order valence-corrected chi connectivity index (χ4v) is 10.6. The van der Waals surface area contributed by atoms with E-state index in [9.17, 15) is 35.1 Å². The van der Waals surface area contributed by atoms with Gasteiger partial charge in [0, 0.05) is 37.6 Å². The van der Waals surface area contributed by atoms with Gasteiger partial charge in [-0.15, -0.1) is 0 Å². The summed E-state index contributed by atoms with van der Waals surface area (Å²) in [6.07, 6.45) is -10.6. The first-order chi connectivity index (χ1) is 32.2. The Morgan fingerprint density at radius 3 is 2.19 bits per heavy atom. The minimum absolute atomic E-state index is 0.0339. The predicted octanol–water partition coefficient (Wildman–Crippen LogP) is 4.64. The number of ether oxygens (including phenoxy) is 7. The number of carbonyl (C=O) groups excluding carboxylic acids is 2. The number of hydrogen-bond donors (Lipinski definition) is 5. The van der Waals surface area contributed by atoms with Gasteiger partial charge in [0.15, 0.2) is 24.8 Å². The number of aliphatic hydroxyl groups is 5. The van der Waals surface area contributed by atoms with Crippen LogP contribution in [0.2, 0.25) is 0 Å². The summed E-state index contributed by atoms with van der Waals surface area (Å²) in [7, 11) is 6.93. The Kier molecular flexibility index (Phi) is 19.0. The monoisotopic (exact) mass is 977 g/mol. The van der Waals surface area contributed by atoms with Crippen molar-refractivity contribution in [1.82, 2.24) is 9.80 Å². The first-order valence-corrected chi connectivity index (χ1v) is 24.4. The van der Waals surface area contributed by atoms with Crippen molar-refractivity contribution in [1.29, 1.82) is 0 Å². The van der Waals surface area contributed by atoms with Crippen molar-refractivity contribution >= 4 is 11.9 Å². The van der Waals surface area contributed by atoms with Crippen LogP contribution < -0.4 is 0 Å². The number of hydrogen-bond acceptors (Lipinski definition) is 16. The molecule has 3 saturated heterocycles. The summed E-state index contributed by atoms with van der Waals surface area (Å²) in [5, 5.41) is 57.9. The number of rotatable bonds is 11. The highest BCUT2D eigenvalue weighted by molar-refractivity contribution is 5.78. The van der Waals surface area contributed by atoms with Crippen molar-refractivity contribution in [2.24, 2.45) is 17.8 Å². The molecule has 390 valence electrons. The number of carbonyl (C=O) groups is 2. The third-order valence-corrected chi connectivity index (χ3v) is 15.2. The van der Waals surface area contributed by atoms with E-state index < -0.39 is 132 Å². The molecule has 0 spiro atoms. The molecule has 19 atom stereocenters. The molecule has 2 aromatic rings. The molecule has 3 aliphatic rings. The Morgan fingerprint density at radius 1 is 0.942 bits per heavy atom. The van der Waals surface area contributed by atoms with E-state index in [4.69, 9.17) is 33.2 Å². The van der Waals surface area contributed by atoms with E-state index in [1.54, 1.807) is 67.6 Å². The van der Waals surface area contributed by atoms with Gasteiger partial charge in [-0.25, -0.2) is 4.39 Å². The van der Waals surface area contributed by atoms with Crippen molar-refractivity contribution in [2.75, 3.05) is 41.4 Å². The molecule has 0 amide bonds. The third-order valence-electron chi connectivity index (χ3n) is 15.2. The molecular weight excluding hydrogens is 896 g/mol. The van der Waals surface area contributed by atoms with Crippen LogP contribution in [0.5, 0.6) is 0 Å². The molecule has 3 aliphatic heterocycles. The van der Waals surface area contributed by atoms with Crippen LogP contribution in [0.15, 0.2) is 48.5 Å². The molecule has 0 radical (unpaired) electrons. The molecule has 0 bridgehead atoms. The molecule has 3 fully saturated rings. The van der Waals surface area contributed by atoms with Crippen LogP contribution in [-0.4, -0.2) is 179 Å². The lowest BCUT2D eigenvalue weighted by Gasteiger charge is -2.49. The number of esters is 2. The van der Waals surface area contributed by atoms with Gasteiger partial charge in [-0.2, -0.15) is 0 Å². The Hall–Kier alpha value is -3.17. The van der Waals surface area contributed by atoms with Gasteiger partial charge in [0.1, 0.15) is 23.6 Å². The van der Waals surface area contributed by atoms with Gasteiger partial charge in [0.2, 0.25) is 0 Å². The predicted molar refractivity (Wildman–Crippen MR) is 255 cm³/mol. The molecule has 3 heterocycles. The maximum atomic E-state index is 15.6. The summed E-state index contributed by atoms with van der Waals surface area (Å²) in [5.74, 6) is -5.39. The van der Waals surface area contributed by atoms with Gasteiger partial charge in [-0.3, -0.25) is 9.59 Å². The highest BCUT2D eigenvalue weighted by Crippen LogP contribution is 2.41. The highest BCUT2D eigenvalue weighted by Gasteiger charge is 2.53. The van der Waals surface area contributed by atoms with E-state index in [-0.39, 0.29) is 18.8 Å². The highest BCUT2D eigenvalue weighted by atomic mass is 19.1. The summed E-state index contributed by atoms with van der Waals surface area (Å²) < 4.78 is 60.3. The second kappa shape index (κ2) is 23.1. The summed E-state index contributed by atoms with van der Waals surface area (Å²) in [6.45, 7) is 16.3. The fourth-order valence-electron chi connectivity index (χ4n) is 10.6. The van der Waals surface area contributed by atoms with E-state index >= 15 is 4.39 Å². The summed E-state index contributed by atoms with van der Waals surface area (Å²) >= 11 is 0. The lowest BCUT2D eigenvalue weighted by atomic mass is 9.77. The van der Waals surface area contributed by atoms with Gasteiger partial charge >= 0.3 is 11.9 Å². The van der Waals surface area contributed by atoms with Gasteiger partial charge in [-0.1, -0.05) is 56.3 Å². The van der Waals surface area contributed by atoms with Crippen LogP contribution in [0.3, 0.4) is 0 Å². The first kappa shape index (κ1) is 56.7. The first-order valence-electron chi connectivity index (χ1n) is 24.4. The van der Waals surface area contributed by atoms with Gasteiger partial charge in [0.25, 0.3) is 0 Å². The quantitative estimate of drug-likeness (QED) is 0.195. The maximum Gasteiger partial charge on any atom is 0.313 e. The van der Waals surface area contributed by atoms with Crippen LogP contribution in [0, 0.1) is 23.6 Å². The van der Waals surface area contributed by atoms with E-state index in [2.05, 4.69) is 0 Å². The third kappa shape index (κ3) is 12.9. The van der Waals surface area contributed by atoms with Crippen LogP contribution in [-0.2, 0) is 42.7 Å². The van der Waals surface area contributed by atoms with Crippen LogP contribution in [0.4, 0.5) is 4.39 Å². The molecule has 0 aromatic heterocycles. The molecule has 16 nitrogen and oxygen atoms in total. The van der Waals surface area contributed by atoms with Gasteiger partial charge in [0.05, 0.1) is 60.1 Å². The molecule has 1 unspecified atom stereocenters. The van der Waals surface area contributed by atoms with E-state index in [0.29, 0.717) is 29.7 Å². The lowest BCUT2D eigenvalue weighted by molar-refractivity contribution is -0.319. The number of benzene rings is 2. The molecule has 0 saturated carbocycles. The molecule has 5 rings (SSSR count). The molecule has 5 N–H and O–H groups in total. The van der Waals surface area contributed by atoms with Crippen LogP contribution >= 0.6 is 0 Å². The van der Waals surface area contributed by atoms with E-state index in [1.807, 2.05) is 68.1 Å². The minimum Gasteiger partial charge on any atom is -0.456 e. The van der Waals surface area contributed by atoms with Crippen molar-refractivity contribution in [3.05, 3.63) is 59.9 Å². The summed E-state index contributed by atoms with van der Waals surface area (Å²) in [4.78, 5) is 32.5. The van der Waals surface area contributed by atoms with Crippen LogP contribution in [0.25, 0.3) is 11.1 Å². The number of likely N-dealkylation sites (N-methyl/N-ethyl adjacent to an activating group) is 2. The van der Waals surface area contributed by atoms with Crippen molar-refractivity contribution < 1.29 is 72.7 Å². The zero-order chi connectivity index (χ0) is 51.5. The Labute approximate surface area is 408 Å². The summed E-state index contributed by atoms with van der Waals surface area (Å²) in [6, 6.07) is 12.6. The van der Waals surface area contributed by atoms with E-state index in [1.165, 1.54) is 20.1 Å². The lowest BCUT2D eigenvalue weighted by Crippen LogP contribution is -2.61. The van der Waals surface area contributed by atoms with Crippen molar-refractivity contribution in [2.45, 2.75) is 185 Å². The number of halogens is 1. The van der Waals surface area contributed by atoms with Crippen LogP contribution in [0.1, 0.15) is 100.0 Å². The standard InChI is InChI=1S/C52H81FN2O14/c1-28-24-50(8,61)46(69-49-43(39(54(11)12)22-29(2)64-49)68-47(59)30(3)36-20-21-37(38(53)23-36)35-18-16-15-17-19-35)31(4)42(67-41-25-51(9,63-14)45(58)34(7)65-41)32(5)48(60)66-40(27-56)52(10,62)44(57)33(6)55(13)26-28/h15-21,23,28-34,39-46,49,56-58,61-62H,22,24-27H2,1-14H3/t28-,29-,30?,31+,32-,33-,34+,39+,40-,41+,42+,43-,44-,45+,46-,49+,50-,51-,52-/m1/s1. The van der Waals surface area contributed by atoms with E-state index in [0.717, 1.165) is 0 Å². The second-order valence-electron chi connectivity index (χ2n) is 21.2. The average molecular weight is 977 g/mol. The smallest absolute Gasteiger partial charge is 0.313 e. The molecule has 69 heavy (non-hydrogen) atoms. The van der Waals surface area contributed by atoms with Gasteiger partial charge in [-0.05, 0) is 112 Å². The Balaban J connectivity index is 1.59. The maximum absolute atomic E-state index is 15.6. The zero-order valence-corrected chi connectivity index (χ0v) is 43.1. The Bertz CT molecular complexity index is 1990. The summed E-state index contributed by atoms with van der Waals surface area (Å²) in [5.41, 5.74) is -3.47. The molecule has 2 aromatic carbocycles. The molecule has 17 heteroatoms. The topological polar surface area (TPSA) is 206 Å². The molecular formula is C52H81FN2O14. The fraction of sp³-hybridized carbons (Fsp3) is 0.731. The van der Waals surface area contributed by atoms with Crippen molar-refractivity contribution in [3.63, 3.8) is 0 Å². The largest absolute Gasteiger partial charge is 0.456 e. The zero-order valence-electron chi connectivity index (χ0n) is 43.1. The number of aliphatic hydroxyl groups excluding tert-OH is 3. The Morgan fingerprint density at radius 2 is 1.59 bits per heavy atom. The normalized spacial score (nSPS) is 40.6. The van der Waals surface area contributed by atoms with Gasteiger partial charge < -0.3 is 68.5 Å². The second-order valence-corrected chi connectivity index (χ2v) is 21.2. The van der Waals surface area contributed by atoms with Crippen molar-refractivity contribution in [3.8, 4) is 11.1 Å². The number of nitrogens with zero attached hydrogens (tertiary/aromatic N) is 2. The number of methoxy groups -OCH3 is 1. The minimum atomic E-state index is -2.11. The average Bonchev–Trinajstić information content (AvgIpc) is 3.29. The SMILES string of the molecule is CO[C@]1(C)C[C@H](O[C@H]2[C@H](C)[C@@H](O[C@@H]3O[C@H](C)C[C@H](N(C)C)[C@H]3OC(=O)C(C)c3ccc(-c4ccccc4)c(F)c3)[C@](C)(O)C[C@@H](C)CN(C)[C@H](C)[C@@H](O)[C@](C)(O)[C@@H](CO)OC(=O)[C@@H]2C)O[C@@H](C)[C@@H]1O.